The van der Waals surface area contributed by atoms with Crippen LogP contribution in [0.4, 0.5) is 11.4 Å². The Hall–Kier alpha value is -2.90. The van der Waals surface area contributed by atoms with Crippen molar-refractivity contribution in [1.29, 1.82) is 0 Å². The van der Waals surface area contributed by atoms with Crippen molar-refractivity contribution in [3.63, 3.8) is 0 Å². The lowest BCUT2D eigenvalue weighted by molar-refractivity contribution is 0.102. The van der Waals surface area contributed by atoms with E-state index in [1.54, 1.807) is 29.2 Å². The van der Waals surface area contributed by atoms with E-state index in [-0.39, 0.29) is 5.91 Å². The van der Waals surface area contributed by atoms with Crippen LogP contribution < -0.4 is 10.2 Å². The fraction of sp³-hybridized carbons (Fsp3) is 0.250. The van der Waals surface area contributed by atoms with E-state index in [0.717, 1.165) is 30.0 Å². The molecule has 2 aromatic carbocycles. The highest BCUT2D eigenvalue weighted by molar-refractivity contribution is 6.31. The van der Waals surface area contributed by atoms with E-state index in [0.29, 0.717) is 29.5 Å². The maximum absolute atomic E-state index is 13.1. The number of morpholine rings is 1. The summed E-state index contributed by atoms with van der Waals surface area (Å²) in [7, 11) is 0. The molecule has 144 valence electrons. The molecule has 7 nitrogen and oxygen atoms in total. The maximum Gasteiger partial charge on any atom is 0.257 e. The number of benzene rings is 2. The zero-order chi connectivity index (χ0) is 19.5. The summed E-state index contributed by atoms with van der Waals surface area (Å²) >= 11 is 6.14. The number of amides is 1. The summed E-state index contributed by atoms with van der Waals surface area (Å²) in [6.07, 6.45) is 2.97. The zero-order valence-electron chi connectivity index (χ0n) is 15.4. The van der Waals surface area contributed by atoms with Gasteiger partial charge >= 0.3 is 0 Å². The van der Waals surface area contributed by atoms with Gasteiger partial charge in [-0.2, -0.15) is 5.10 Å². The molecule has 1 N–H and O–H groups in total. The smallest absolute Gasteiger partial charge is 0.257 e. The van der Waals surface area contributed by atoms with Gasteiger partial charge in [0.05, 0.1) is 24.5 Å². The van der Waals surface area contributed by atoms with Crippen molar-refractivity contribution in [2.45, 2.75) is 6.92 Å². The van der Waals surface area contributed by atoms with Crippen LogP contribution in [-0.2, 0) is 4.74 Å². The molecule has 1 amide bonds. The summed E-state index contributed by atoms with van der Waals surface area (Å²) in [4.78, 5) is 19.3. The third-order valence-electron chi connectivity index (χ3n) is 4.71. The van der Waals surface area contributed by atoms with Crippen molar-refractivity contribution >= 4 is 28.9 Å². The van der Waals surface area contributed by atoms with Crippen molar-refractivity contribution in [3.8, 4) is 5.69 Å². The van der Waals surface area contributed by atoms with Gasteiger partial charge in [0.15, 0.2) is 0 Å². The number of rotatable bonds is 4. The summed E-state index contributed by atoms with van der Waals surface area (Å²) < 4.78 is 6.96. The number of nitrogens with one attached hydrogen (secondary N) is 1. The first kappa shape index (κ1) is 18.5. The van der Waals surface area contributed by atoms with Gasteiger partial charge < -0.3 is 15.0 Å². The van der Waals surface area contributed by atoms with Gasteiger partial charge in [0.2, 0.25) is 0 Å². The van der Waals surface area contributed by atoms with E-state index in [1.807, 2.05) is 19.1 Å². The molecule has 1 fully saturated rings. The van der Waals surface area contributed by atoms with Gasteiger partial charge in [0.1, 0.15) is 12.7 Å². The van der Waals surface area contributed by atoms with Crippen molar-refractivity contribution in [2.75, 3.05) is 36.5 Å². The van der Waals surface area contributed by atoms with Crippen LogP contribution in [0.5, 0.6) is 0 Å². The Morgan fingerprint density at radius 3 is 2.75 bits per heavy atom. The molecule has 1 aliphatic rings. The molecule has 2 heterocycles. The van der Waals surface area contributed by atoms with Crippen molar-refractivity contribution in [3.05, 3.63) is 65.2 Å². The van der Waals surface area contributed by atoms with Crippen molar-refractivity contribution in [1.82, 2.24) is 14.8 Å². The number of aromatic nitrogens is 3. The van der Waals surface area contributed by atoms with Gasteiger partial charge in [-0.1, -0.05) is 17.7 Å². The molecular formula is C20H20ClN5O2. The molecule has 1 aromatic heterocycles. The first-order valence-corrected chi connectivity index (χ1v) is 9.39. The van der Waals surface area contributed by atoms with Crippen LogP contribution in [0, 0.1) is 6.92 Å². The molecular weight excluding hydrogens is 378 g/mol. The largest absolute Gasteiger partial charge is 0.378 e. The van der Waals surface area contributed by atoms with Crippen LogP contribution in [0.1, 0.15) is 15.9 Å². The number of anilines is 2. The molecule has 28 heavy (non-hydrogen) atoms. The monoisotopic (exact) mass is 397 g/mol. The lowest BCUT2D eigenvalue weighted by Crippen LogP contribution is -2.36. The molecule has 3 aromatic rings. The van der Waals surface area contributed by atoms with Crippen LogP contribution in [-0.4, -0.2) is 47.0 Å². The van der Waals surface area contributed by atoms with Crippen LogP contribution >= 0.6 is 11.6 Å². The molecule has 4 rings (SSSR count). The first-order valence-electron chi connectivity index (χ1n) is 9.01. The van der Waals surface area contributed by atoms with Gasteiger partial charge in [-0.3, -0.25) is 4.79 Å². The molecule has 1 saturated heterocycles. The summed E-state index contributed by atoms with van der Waals surface area (Å²) in [6.45, 7) is 5.05. The van der Waals surface area contributed by atoms with Gasteiger partial charge in [-0.25, -0.2) is 9.67 Å². The number of ether oxygens (including phenoxy) is 1. The minimum Gasteiger partial charge on any atom is -0.378 e. The molecule has 0 unspecified atom stereocenters. The van der Waals surface area contributed by atoms with Crippen molar-refractivity contribution in [2.24, 2.45) is 0 Å². The Labute approximate surface area is 167 Å². The third kappa shape index (κ3) is 3.85. The van der Waals surface area contributed by atoms with Gasteiger partial charge in [0, 0.05) is 29.5 Å². The number of hydrogen-bond acceptors (Lipinski definition) is 5. The summed E-state index contributed by atoms with van der Waals surface area (Å²) in [5.74, 6) is -0.254. The Kier molecular flexibility index (Phi) is 5.27. The molecule has 0 radical (unpaired) electrons. The quantitative estimate of drug-likeness (QED) is 0.731. The average molecular weight is 398 g/mol. The second-order valence-corrected chi connectivity index (χ2v) is 6.99. The second-order valence-electron chi connectivity index (χ2n) is 6.55. The fourth-order valence-electron chi connectivity index (χ4n) is 3.18. The Bertz CT molecular complexity index is 984. The maximum atomic E-state index is 13.1. The lowest BCUT2D eigenvalue weighted by atomic mass is 10.1. The predicted octanol–water partition coefficient (Wildman–Crippen LogP) is 3.32. The highest BCUT2D eigenvalue weighted by atomic mass is 35.5. The second kappa shape index (κ2) is 8.00. The van der Waals surface area contributed by atoms with Gasteiger partial charge in [-0.05, 0) is 42.8 Å². The number of carbonyl (C=O) groups is 1. The zero-order valence-corrected chi connectivity index (χ0v) is 16.2. The first-order chi connectivity index (χ1) is 13.6. The summed E-state index contributed by atoms with van der Waals surface area (Å²) in [6, 6.07) is 11.2. The molecule has 1 aliphatic heterocycles. The topological polar surface area (TPSA) is 72.3 Å². The fourth-order valence-corrected chi connectivity index (χ4v) is 3.35. The van der Waals surface area contributed by atoms with Crippen LogP contribution in [0.3, 0.4) is 0 Å². The molecule has 0 bridgehead atoms. The van der Waals surface area contributed by atoms with E-state index >= 15 is 0 Å². The van der Waals surface area contributed by atoms with Crippen molar-refractivity contribution < 1.29 is 9.53 Å². The molecule has 8 heteroatoms. The third-order valence-corrected chi connectivity index (χ3v) is 4.95. The molecule has 0 aliphatic carbocycles. The number of nitrogens with zero attached hydrogens (tertiary/aromatic N) is 4. The summed E-state index contributed by atoms with van der Waals surface area (Å²) in [5, 5.41) is 7.62. The molecule has 0 atom stereocenters. The average Bonchev–Trinajstić information content (AvgIpc) is 3.25. The van der Waals surface area contributed by atoms with Crippen LogP contribution in [0.25, 0.3) is 5.69 Å². The van der Waals surface area contributed by atoms with E-state index < -0.39 is 0 Å². The number of halogens is 1. The normalized spacial score (nSPS) is 14.1. The Morgan fingerprint density at radius 2 is 2.00 bits per heavy atom. The van der Waals surface area contributed by atoms with Gasteiger partial charge in [0.25, 0.3) is 5.91 Å². The minimum absolute atomic E-state index is 0.254. The van der Waals surface area contributed by atoms with E-state index in [2.05, 4.69) is 26.4 Å². The number of aryl methyl sites for hydroxylation is 1. The molecule has 0 saturated carbocycles. The van der Waals surface area contributed by atoms with E-state index in [9.17, 15) is 4.79 Å². The van der Waals surface area contributed by atoms with Crippen LogP contribution in [0.15, 0.2) is 49.1 Å². The summed E-state index contributed by atoms with van der Waals surface area (Å²) in [5.41, 5.74) is 3.84. The Balaban J connectivity index is 1.63. The number of hydrogen-bond donors (Lipinski definition) is 1. The predicted molar refractivity (Wildman–Crippen MR) is 109 cm³/mol. The van der Waals surface area contributed by atoms with Gasteiger partial charge in [-0.15, -0.1) is 0 Å². The lowest BCUT2D eigenvalue weighted by Gasteiger charge is -2.29. The highest BCUT2D eigenvalue weighted by Gasteiger charge is 2.17. The highest BCUT2D eigenvalue weighted by Crippen LogP contribution is 2.26. The van der Waals surface area contributed by atoms with E-state index in [1.165, 1.54) is 6.33 Å². The van der Waals surface area contributed by atoms with E-state index in [4.69, 9.17) is 16.3 Å². The SMILES string of the molecule is Cc1ccc(N2CCOCC2)cc1NC(=O)c1cc(Cl)ccc1-n1cncn1. The Morgan fingerprint density at radius 1 is 1.18 bits per heavy atom. The minimum atomic E-state index is -0.254. The number of carbonyl (C=O) groups excluding carboxylic acids is 1. The molecule has 0 spiro atoms. The standard InChI is InChI=1S/C20H20ClN5O2/c1-14-2-4-16(25-6-8-28-9-7-25)11-18(14)24-20(27)17-10-15(21)3-5-19(17)26-13-22-12-23-26/h2-5,10-13H,6-9H2,1H3,(H,24,27). The van der Waals surface area contributed by atoms with Crippen LogP contribution in [0.2, 0.25) is 5.02 Å².